The molecule has 0 saturated carbocycles. The van der Waals surface area contributed by atoms with Crippen molar-refractivity contribution in [2.45, 2.75) is 19.9 Å². The summed E-state index contributed by atoms with van der Waals surface area (Å²) in [5, 5.41) is 9.39. The van der Waals surface area contributed by atoms with Crippen LogP contribution in [0.3, 0.4) is 0 Å². The third-order valence-corrected chi connectivity index (χ3v) is 3.17. The van der Waals surface area contributed by atoms with Crippen LogP contribution in [0, 0.1) is 6.92 Å². The lowest BCUT2D eigenvalue weighted by atomic mass is 10.1. The van der Waals surface area contributed by atoms with Gasteiger partial charge in [-0.25, -0.2) is 13.8 Å². The number of fused-ring (bicyclic) bond motifs is 1. The van der Waals surface area contributed by atoms with E-state index < -0.39 is 13.0 Å². The summed E-state index contributed by atoms with van der Waals surface area (Å²) in [7, 11) is 0. The third kappa shape index (κ3) is 3.83. The number of nitrogens with zero attached hydrogens (tertiary/aromatic N) is 2. The van der Waals surface area contributed by atoms with E-state index in [4.69, 9.17) is 5.11 Å². The van der Waals surface area contributed by atoms with Crippen LogP contribution in [0.4, 0.5) is 8.78 Å². The van der Waals surface area contributed by atoms with Crippen LogP contribution in [-0.2, 0) is 6.54 Å². The Labute approximate surface area is 120 Å². The molecule has 0 aliphatic carbocycles. The predicted octanol–water partition coefficient (Wildman–Crippen LogP) is 1.29. The Kier molecular flexibility index (Phi) is 4.98. The molecule has 0 amide bonds. The summed E-state index contributed by atoms with van der Waals surface area (Å²) < 4.78 is 25.0. The first kappa shape index (κ1) is 15.5. The molecule has 0 fully saturated rings. The molecular weight excluding hydrogens is 280 g/mol. The van der Waals surface area contributed by atoms with Gasteiger partial charge in [0.1, 0.15) is 5.82 Å². The number of nitrogens with one attached hydrogen (secondary N) is 1. The normalized spacial score (nSPS) is 11.7. The van der Waals surface area contributed by atoms with Crippen molar-refractivity contribution in [1.29, 1.82) is 0 Å². The highest BCUT2D eigenvalue weighted by Crippen LogP contribution is 2.12. The van der Waals surface area contributed by atoms with Crippen molar-refractivity contribution in [2.75, 3.05) is 19.7 Å². The van der Waals surface area contributed by atoms with E-state index >= 15 is 0 Å². The first-order valence-electron chi connectivity index (χ1n) is 6.61. The molecule has 2 rings (SSSR count). The lowest BCUT2D eigenvalue weighted by Gasteiger charge is -2.20. The molecule has 0 aliphatic heterocycles. The van der Waals surface area contributed by atoms with Gasteiger partial charge in [-0.3, -0.25) is 9.69 Å². The highest BCUT2D eigenvalue weighted by atomic mass is 19.3. The molecule has 114 valence electrons. The summed E-state index contributed by atoms with van der Waals surface area (Å²) in [5.74, 6) is 0.316. The van der Waals surface area contributed by atoms with E-state index in [1.54, 1.807) is 12.1 Å². The molecule has 2 N–H and O–H groups in total. The fourth-order valence-electron chi connectivity index (χ4n) is 2.21. The molecule has 0 aliphatic rings. The fraction of sp³-hybridized carbons (Fsp3) is 0.429. The minimum Gasteiger partial charge on any atom is -0.395 e. The molecule has 0 saturated heterocycles. The van der Waals surface area contributed by atoms with Crippen molar-refractivity contribution in [3.8, 4) is 0 Å². The molecule has 0 unspecified atom stereocenters. The van der Waals surface area contributed by atoms with Gasteiger partial charge >= 0.3 is 0 Å². The maximum atomic E-state index is 12.5. The highest BCUT2D eigenvalue weighted by Gasteiger charge is 2.14. The van der Waals surface area contributed by atoms with Crippen LogP contribution in [0.5, 0.6) is 0 Å². The second-order valence-corrected chi connectivity index (χ2v) is 4.83. The first-order chi connectivity index (χ1) is 10.0. The van der Waals surface area contributed by atoms with Gasteiger partial charge in [0.25, 0.3) is 12.0 Å². The van der Waals surface area contributed by atoms with Gasteiger partial charge in [-0.2, -0.15) is 0 Å². The summed E-state index contributed by atoms with van der Waals surface area (Å²) >= 11 is 0. The summed E-state index contributed by atoms with van der Waals surface area (Å²) in [6.07, 6.45) is -2.51. The molecule has 1 heterocycles. The molecule has 0 radical (unpaired) electrons. The van der Waals surface area contributed by atoms with E-state index in [0.29, 0.717) is 16.7 Å². The van der Waals surface area contributed by atoms with Crippen molar-refractivity contribution in [3.05, 3.63) is 39.9 Å². The van der Waals surface area contributed by atoms with Gasteiger partial charge in [0.15, 0.2) is 0 Å². The van der Waals surface area contributed by atoms with Gasteiger partial charge in [-0.1, -0.05) is 12.1 Å². The number of H-pyrrole nitrogens is 1. The summed E-state index contributed by atoms with van der Waals surface area (Å²) in [5.41, 5.74) is 1.12. The molecule has 1 aromatic heterocycles. The van der Waals surface area contributed by atoms with Gasteiger partial charge in [-0.15, -0.1) is 0 Å². The van der Waals surface area contributed by atoms with Crippen molar-refractivity contribution in [1.82, 2.24) is 14.9 Å². The van der Waals surface area contributed by atoms with Crippen molar-refractivity contribution in [2.24, 2.45) is 0 Å². The Morgan fingerprint density at radius 3 is 2.86 bits per heavy atom. The van der Waals surface area contributed by atoms with Crippen molar-refractivity contribution >= 4 is 10.9 Å². The van der Waals surface area contributed by atoms with E-state index in [-0.39, 0.29) is 25.3 Å². The number of alkyl halides is 2. The zero-order valence-corrected chi connectivity index (χ0v) is 11.6. The fourth-order valence-corrected chi connectivity index (χ4v) is 2.21. The molecule has 2 aromatic rings. The van der Waals surface area contributed by atoms with Crippen molar-refractivity contribution < 1.29 is 13.9 Å². The third-order valence-electron chi connectivity index (χ3n) is 3.17. The van der Waals surface area contributed by atoms with Gasteiger partial charge in [0.2, 0.25) is 0 Å². The van der Waals surface area contributed by atoms with Gasteiger partial charge in [0, 0.05) is 6.54 Å². The molecule has 7 heteroatoms. The number of halogens is 2. The number of para-hydroxylation sites is 1. The SMILES string of the molecule is Cc1cccc2c(=O)[nH]c(CN(CCO)CC(F)F)nc12. The topological polar surface area (TPSA) is 69.2 Å². The number of benzene rings is 1. The van der Waals surface area contributed by atoms with Crippen LogP contribution in [0.2, 0.25) is 0 Å². The molecule has 0 bridgehead atoms. The Morgan fingerprint density at radius 1 is 1.43 bits per heavy atom. The Morgan fingerprint density at radius 2 is 2.19 bits per heavy atom. The second kappa shape index (κ2) is 6.73. The highest BCUT2D eigenvalue weighted by molar-refractivity contribution is 5.80. The van der Waals surface area contributed by atoms with Crippen LogP contribution >= 0.6 is 0 Å². The first-order valence-corrected chi connectivity index (χ1v) is 6.61. The Hall–Kier alpha value is -1.86. The largest absolute Gasteiger partial charge is 0.395 e. The number of hydrogen-bond acceptors (Lipinski definition) is 4. The molecule has 0 spiro atoms. The number of aryl methyl sites for hydroxylation is 1. The smallest absolute Gasteiger partial charge is 0.258 e. The molecular formula is C14H17F2N3O2. The number of aliphatic hydroxyl groups excluding tert-OH is 1. The number of rotatable bonds is 6. The van der Waals surface area contributed by atoms with Crippen LogP contribution in [0.15, 0.2) is 23.0 Å². The average molecular weight is 297 g/mol. The molecule has 5 nitrogen and oxygen atoms in total. The maximum Gasteiger partial charge on any atom is 0.258 e. The van der Waals surface area contributed by atoms with Crippen LogP contribution in [-0.4, -0.2) is 46.1 Å². The zero-order chi connectivity index (χ0) is 15.4. The average Bonchev–Trinajstić information content (AvgIpc) is 2.39. The van der Waals surface area contributed by atoms with E-state index in [9.17, 15) is 13.6 Å². The summed E-state index contributed by atoms with van der Waals surface area (Å²) in [4.78, 5) is 20.3. The molecule has 0 atom stereocenters. The van der Waals surface area contributed by atoms with Gasteiger partial charge < -0.3 is 10.1 Å². The standard InChI is InChI=1S/C14H17F2N3O2/c1-9-3-2-4-10-13(9)17-12(18-14(10)21)8-19(5-6-20)7-11(15)16/h2-4,11,20H,5-8H2,1H3,(H,17,18,21). The van der Waals surface area contributed by atoms with Gasteiger partial charge in [0.05, 0.1) is 30.6 Å². The maximum absolute atomic E-state index is 12.5. The quantitative estimate of drug-likeness (QED) is 0.843. The number of aromatic amines is 1. The van der Waals surface area contributed by atoms with Crippen molar-refractivity contribution in [3.63, 3.8) is 0 Å². The second-order valence-electron chi connectivity index (χ2n) is 4.83. The minimum atomic E-state index is -2.51. The van der Waals surface area contributed by atoms with E-state index in [1.807, 2.05) is 13.0 Å². The van der Waals surface area contributed by atoms with E-state index in [0.717, 1.165) is 5.56 Å². The lowest BCUT2D eigenvalue weighted by molar-refractivity contribution is 0.0734. The van der Waals surface area contributed by atoms with Crippen LogP contribution < -0.4 is 5.56 Å². The number of aliphatic hydroxyl groups is 1. The molecule has 1 aromatic carbocycles. The van der Waals surface area contributed by atoms with Crippen LogP contribution in [0.1, 0.15) is 11.4 Å². The van der Waals surface area contributed by atoms with E-state index in [2.05, 4.69) is 9.97 Å². The lowest BCUT2D eigenvalue weighted by Crippen LogP contribution is -2.32. The number of hydrogen-bond donors (Lipinski definition) is 2. The molecule has 21 heavy (non-hydrogen) atoms. The monoisotopic (exact) mass is 297 g/mol. The number of aromatic nitrogens is 2. The zero-order valence-electron chi connectivity index (χ0n) is 11.6. The predicted molar refractivity (Wildman–Crippen MR) is 75.5 cm³/mol. The Bertz CT molecular complexity index is 673. The minimum absolute atomic E-state index is 0.0599. The van der Waals surface area contributed by atoms with Crippen LogP contribution in [0.25, 0.3) is 10.9 Å². The van der Waals surface area contributed by atoms with E-state index in [1.165, 1.54) is 4.90 Å². The Balaban J connectivity index is 2.33. The summed E-state index contributed by atoms with van der Waals surface area (Å²) in [6.45, 7) is 1.28. The van der Waals surface area contributed by atoms with Gasteiger partial charge in [-0.05, 0) is 18.6 Å². The summed E-state index contributed by atoms with van der Waals surface area (Å²) in [6, 6.07) is 5.27.